The average Bonchev–Trinajstić information content (AvgIpc) is 3.00. The quantitative estimate of drug-likeness (QED) is 0.728. The molecule has 0 aliphatic carbocycles. The second kappa shape index (κ2) is 6.57. The molecule has 4 nitrogen and oxygen atoms in total. The van der Waals surface area contributed by atoms with E-state index < -0.39 is 0 Å². The van der Waals surface area contributed by atoms with Crippen molar-refractivity contribution in [3.8, 4) is 11.3 Å². The van der Waals surface area contributed by atoms with E-state index in [0.717, 1.165) is 28.3 Å². The van der Waals surface area contributed by atoms with Gasteiger partial charge in [-0.3, -0.25) is 9.97 Å². The van der Waals surface area contributed by atoms with E-state index in [2.05, 4.69) is 44.7 Å². The number of hydrogen-bond donors (Lipinski definition) is 0. The fourth-order valence-corrected chi connectivity index (χ4v) is 2.53. The molecule has 0 fully saturated rings. The predicted octanol–water partition coefficient (Wildman–Crippen LogP) is 4.12. The van der Waals surface area contributed by atoms with Crippen molar-refractivity contribution < 1.29 is 0 Å². The smallest absolute Gasteiger partial charge is 0.0962 e. The van der Waals surface area contributed by atoms with Gasteiger partial charge in [-0.1, -0.05) is 36.4 Å². The van der Waals surface area contributed by atoms with Crippen molar-refractivity contribution in [1.82, 2.24) is 19.5 Å². The van der Waals surface area contributed by atoms with E-state index in [1.807, 2.05) is 44.6 Å². The number of aromatic nitrogens is 4. The molecule has 0 aliphatic rings. The first-order chi connectivity index (χ1) is 11.2. The summed E-state index contributed by atoms with van der Waals surface area (Å²) in [4.78, 5) is 13.4. The highest BCUT2D eigenvalue weighted by molar-refractivity contribution is 5.76. The Morgan fingerprint density at radius 1 is 1.09 bits per heavy atom. The molecule has 0 bridgehead atoms. The third-order valence-corrected chi connectivity index (χ3v) is 3.86. The number of imidazole rings is 1. The highest BCUT2D eigenvalue weighted by Gasteiger charge is 2.14. The Morgan fingerprint density at radius 3 is 2.52 bits per heavy atom. The molecule has 0 atom stereocenters. The van der Waals surface area contributed by atoms with E-state index >= 15 is 0 Å². The summed E-state index contributed by atoms with van der Waals surface area (Å²) in [6.45, 7) is 6.76. The van der Waals surface area contributed by atoms with Crippen LogP contribution in [0.4, 0.5) is 0 Å². The molecule has 3 rings (SSSR count). The zero-order chi connectivity index (χ0) is 16.2. The van der Waals surface area contributed by atoms with Crippen molar-refractivity contribution in [2.24, 2.45) is 0 Å². The molecular formula is C19H20N4. The molecular weight excluding hydrogens is 284 g/mol. The summed E-state index contributed by atoms with van der Waals surface area (Å²) < 4.78 is 2.14. The number of hydrogen-bond acceptors (Lipinski definition) is 3. The zero-order valence-corrected chi connectivity index (χ0v) is 13.7. The van der Waals surface area contributed by atoms with Gasteiger partial charge in [-0.05, 0) is 26.3 Å². The minimum Gasteiger partial charge on any atom is -0.324 e. The molecule has 0 saturated carbocycles. The standard InChI is InChI=1S/C19H20N4/c1-4-14(2)19-18(16-8-6-5-7-9-16)22-13-23(19)12-17-11-20-15(3)10-21-17/h4-11,13H,12H2,1-3H3. The summed E-state index contributed by atoms with van der Waals surface area (Å²) >= 11 is 0. The Labute approximate surface area is 136 Å². The van der Waals surface area contributed by atoms with Gasteiger partial charge in [-0.2, -0.15) is 0 Å². The second-order valence-corrected chi connectivity index (χ2v) is 5.56. The minimum absolute atomic E-state index is 0.660. The summed E-state index contributed by atoms with van der Waals surface area (Å²) in [5.74, 6) is 0. The summed E-state index contributed by atoms with van der Waals surface area (Å²) in [5.41, 5.74) is 6.30. The highest BCUT2D eigenvalue weighted by Crippen LogP contribution is 2.28. The van der Waals surface area contributed by atoms with Crippen molar-refractivity contribution in [3.63, 3.8) is 0 Å². The highest BCUT2D eigenvalue weighted by atomic mass is 15.1. The molecule has 0 unspecified atom stereocenters. The van der Waals surface area contributed by atoms with Crippen LogP contribution < -0.4 is 0 Å². The molecule has 3 aromatic rings. The molecule has 2 aromatic heterocycles. The van der Waals surface area contributed by atoms with Gasteiger partial charge in [0.1, 0.15) is 0 Å². The topological polar surface area (TPSA) is 43.6 Å². The van der Waals surface area contributed by atoms with Crippen molar-refractivity contribution in [2.75, 3.05) is 0 Å². The Bertz CT molecular complexity index is 814. The van der Waals surface area contributed by atoms with E-state index in [-0.39, 0.29) is 0 Å². The summed E-state index contributed by atoms with van der Waals surface area (Å²) in [6.07, 6.45) is 7.62. The Hall–Kier alpha value is -2.75. The molecule has 0 aliphatic heterocycles. The fourth-order valence-electron chi connectivity index (χ4n) is 2.53. The fraction of sp³-hybridized carbons (Fsp3) is 0.211. The van der Waals surface area contributed by atoms with Gasteiger partial charge in [0, 0.05) is 11.8 Å². The molecule has 23 heavy (non-hydrogen) atoms. The van der Waals surface area contributed by atoms with Crippen molar-refractivity contribution in [2.45, 2.75) is 27.3 Å². The Morgan fingerprint density at radius 2 is 1.87 bits per heavy atom. The maximum absolute atomic E-state index is 4.64. The predicted molar refractivity (Wildman–Crippen MR) is 92.9 cm³/mol. The summed E-state index contributed by atoms with van der Waals surface area (Å²) in [7, 11) is 0. The lowest BCUT2D eigenvalue weighted by atomic mass is 10.1. The van der Waals surface area contributed by atoms with Gasteiger partial charge in [0.25, 0.3) is 0 Å². The molecule has 2 heterocycles. The van der Waals surface area contributed by atoms with Crippen molar-refractivity contribution in [3.05, 3.63) is 72.2 Å². The first kappa shape index (κ1) is 15.2. The SMILES string of the molecule is CC=C(C)c1c(-c2ccccc2)ncn1Cc1cnc(C)cn1. The zero-order valence-electron chi connectivity index (χ0n) is 13.7. The van der Waals surface area contributed by atoms with Crippen LogP contribution in [0.2, 0.25) is 0 Å². The second-order valence-electron chi connectivity index (χ2n) is 5.56. The Balaban J connectivity index is 2.04. The number of nitrogens with zero attached hydrogens (tertiary/aromatic N) is 4. The summed E-state index contributed by atoms with van der Waals surface area (Å²) in [5, 5.41) is 0. The van der Waals surface area contributed by atoms with E-state index in [4.69, 9.17) is 0 Å². The van der Waals surface area contributed by atoms with Crippen LogP contribution in [-0.2, 0) is 6.54 Å². The lowest BCUT2D eigenvalue weighted by molar-refractivity contribution is 0.755. The van der Waals surface area contributed by atoms with Crippen LogP contribution in [0.25, 0.3) is 16.8 Å². The number of aryl methyl sites for hydroxylation is 1. The molecule has 0 spiro atoms. The van der Waals surface area contributed by atoms with Crippen LogP contribution in [0.15, 0.2) is 55.1 Å². The first-order valence-electron chi connectivity index (χ1n) is 7.70. The third kappa shape index (κ3) is 3.21. The van der Waals surface area contributed by atoms with E-state index in [0.29, 0.717) is 6.54 Å². The first-order valence-corrected chi connectivity index (χ1v) is 7.70. The third-order valence-electron chi connectivity index (χ3n) is 3.86. The summed E-state index contributed by atoms with van der Waals surface area (Å²) in [6, 6.07) is 10.3. The van der Waals surface area contributed by atoms with Crippen LogP contribution in [0, 0.1) is 6.92 Å². The van der Waals surface area contributed by atoms with Gasteiger partial charge < -0.3 is 4.57 Å². The largest absolute Gasteiger partial charge is 0.324 e. The average molecular weight is 304 g/mol. The van der Waals surface area contributed by atoms with Crippen LogP contribution in [0.1, 0.15) is 30.9 Å². The van der Waals surface area contributed by atoms with Gasteiger partial charge in [-0.15, -0.1) is 0 Å². The number of benzene rings is 1. The molecule has 4 heteroatoms. The van der Waals surface area contributed by atoms with Crippen molar-refractivity contribution >= 4 is 5.57 Å². The maximum Gasteiger partial charge on any atom is 0.0962 e. The van der Waals surface area contributed by atoms with Gasteiger partial charge >= 0.3 is 0 Å². The monoisotopic (exact) mass is 304 g/mol. The molecule has 0 radical (unpaired) electrons. The lowest BCUT2D eigenvalue weighted by Gasteiger charge is -2.10. The van der Waals surface area contributed by atoms with Gasteiger partial charge in [0.05, 0.1) is 41.8 Å². The lowest BCUT2D eigenvalue weighted by Crippen LogP contribution is -2.05. The van der Waals surface area contributed by atoms with Gasteiger partial charge in [0.2, 0.25) is 0 Å². The van der Waals surface area contributed by atoms with Crippen LogP contribution in [-0.4, -0.2) is 19.5 Å². The van der Waals surface area contributed by atoms with E-state index in [1.165, 1.54) is 5.57 Å². The molecule has 0 amide bonds. The van der Waals surface area contributed by atoms with Gasteiger partial charge in [-0.25, -0.2) is 4.98 Å². The normalized spacial score (nSPS) is 11.7. The number of rotatable bonds is 4. The molecule has 116 valence electrons. The maximum atomic E-state index is 4.64. The van der Waals surface area contributed by atoms with Crippen LogP contribution in [0.5, 0.6) is 0 Å². The number of allylic oxidation sites excluding steroid dienone is 2. The van der Waals surface area contributed by atoms with Crippen molar-refractivity contribution in [1.29, 1.82) is 0 Å². The van der Waals surface area contributed by atoms with Crippen LogP contribution >= 0.6 is 0 Å². The molecule has 1 aromatic carbocycles. The minimum atomic E-state index is 0.660. The van der Waals surface area contributed by atoms with E-state index in [1.54, 1.807) is 6.20 Å². The molecule has 0 saturated heterocycles. The molecule has 0 N–H and O–H groups in total. The van der Waals surface area contributed by atoms with Crippen LogP contribution in [0.3, 0.4) is 0 Å². The van der Waals surface area contributed by atoms with Gasteiger partial charge in [0.15, 0.2) is 0 Å². The van der Waals surface area contributed by atoms with E-state index in [9.17, 15) is 0 Å². The Kier molecular flexibility index (Phi) is 4.33.